The van der Waals surface area contributed by atoms with Gasteiger partial charge in [-0.25, -0.2) is 13.8 Å². The predicted octanol–water partition coefficient (Wildman–Crippen LogP) is 5.60. The molecule has 0 aliphatic rings. The summed E-state index contributed by atoms with van der Waals surface area (Å²) in [4.78, 5) is 17.6. The lowest BCUT2D eigenvalue weighted by molar-refractivity contribution is 0.103. The van der Waals surface area contributed by atoms with Gasteiger partial charge in [0.05, 0.1) is 17.6 Å². The molecule has 0 unspecified atom stereocenters. The number of rotatable bonds is 4. The first-order chi connectivity index (χ1) is 13.1. The lowest BCUT2D eigenvalue weighted by Gasteiger charge is -2.06. The van der Waals surface area contributed by atoms with Crippen LogP contribution in [0.1, 0.15) is 9.67 Å². The van der Waals surface area contributed by atoms with Crippen LogP contribution in [0.3, 0.4) is 0 Å². The summed E-state index contributed by atoms with van der Waals surface area (Å²) in [5, 5.41) is 3.01. The fraction of sp³-hybridized carbons (Fsp3) is 0. The molecule has 2 aromatic heterocycles. The van der Waals surface area contributed by atoms with Gasteiger partial charge < -0.3 is 9.73 Å². The minimum Gasteiger partial charge on any atom is -0.462 e. The van der Waals surface area contributed by atoms with Crippen LogP contribution in [0.4, 0.5) is 14.5 Å². The van der Waals surface area contributed by atoms with E-state index in [4.69, 9.17) is 4.42 Å². The third kappa shape index (κ3) is 3.50. The summed E-state index contributed by atoms with van der Waals surface area (Å²) in [5.41, 5.74) is 1.11. The van der Waals surface area contributed by atoms with Crippen molar-refractivity contribution in [3.05, 3.63) is 83.4 Å². The molecule has 0 spiro atoms. The molecule has 2 heterocycles. The second-order valence-electron chi connectivity index (χ2n) is 5.62. The number of amides is 1. The zero-order valence-corrected chi connectivity index (χ0v) is 14.6. The van der Waals surface area contributed by atoms with Crippen molar-refractivity contribution in [3.63, 3.8) is 0 Å². The number of hydrogen-bond acceptors (Lipinski definition) is 4. The first-order valence-corrected chi connectivity index (χ1v) is 8.80. The fourth-order valence-corrected chi connectivity index (χ4v) is 3.49. The van der Waals surface area contributed by atoms with Gasteiger partial charge in [0.1, 0.15) is 16.5 Å². The number of nitrogens with one attached hydrogen (secondary N) is 1. The molecule has 7 heteroatoms. The van der Waals surface area contributed by atoms with Crippen molar-refractivity contribution in [2.45, 2.75) is 0 Å². The third-order valence-electron chi connectivity index (χ3n) is 3.79. The van der Waals surface area contributed by atoms with E-state index in [1.807, 2.05) is 30.3 Å². The summed E-state index contributed by atoms with van der Waals surface area (Å²) in [6.45, 7) is 0. The molecule has 0 saturated carbocycles. The maximum Gasteiger partial charge on any atom is 0.268 e. The number of aromatic nitrogens is 1. The van der Waals surface area contributed by atoms with Gasteiger partial charge in [-0.05, 0) is 24.3 Å². The van der Waals surface area contributed by atoms with Crippen LogP contribution in [0.2, 0.25) is 0 Å². The SMILES string of the molecule is O=C(Nc1ccc(F)cc1F)c1sc(-c2ccco2)nc1-c1ccccc1. The Bertz CT molecular complexity index is 1090. The average molecular weight is 382 g/mol. The number of halogens is 2. The molecule has 0 saturated heterocycles. The van der Waals surface area contributed by atoms with E-state index >= 15 is 0 Å². The van der Waals surface area contributed by atoms with Gasteiger partial charge in [0.2, 0.25) is 0 Å². The van der Waals surface area contributed by atoms with Crippen molar-refractivity contribution in [3.8, 4) is 22.0 Å². The molecule has 134 valence electrons. The van der Waals surface area contributed by atoms with Crippen LogP contribution in [-0.4, -0.2) is 10.9 Å². The van der Waals surface area contributed by atoms with Crippen molar-refractivity contribution < 1.29 is 18.0 Å². The van der Waals surface area contributed by atoms with Crippen molar-refractivity contribution >= 4 is 22.9 Å². The highest BCUT2D eigenvalue weighted by molar-refractivity contribution is 7.17. The molecule has 0 fully saturated rings. The number of furan rings is 1. The van der Waals surface area contributed by atoms with E-state index < -0.39 is 17.5 Å². The first kappa shape index (κ1) is 17.1. The summed E-state index contributed by atoms with van der Waals surface area (Å²) in [7, 11) is 0. The largest absolute Gasteiger partial charge is 0.462 e. The van der Waals surface area contributed by atoms with Gasteiger partial charge in [-0.15, -0.1) is 11.3 Å². The standard InChI is InChI=1S/C20H12F2N2O2S/c21-13-8-9-15(14(22)11-13)23-19(25)18-17(12-5-2-1-3-6-12)24-20(27-18)16-7-4-10-26-16/h1-11H,(H,23,25). The van der Waals surface area contributed by atoms with Crippen molar-refractivity contribution in [1.29, 1.82) is 0 Å². The van der Waals surface area contributed by atoms with E-state index in [9.17, 15) is 13.6 Å². The lowest BCUT2D eigenvalue weighted by Crippen LogP contribution is -2.12. The smallest absolute Gasteiger partial charge is 0.268 e. The molecule has 27 heavy (non-hydrogen) atoms. The Kier molecular flexibility index (Phi) is 4.52. The van der Waals surface area contributed by atoms with E-state index in [0.717, 1.165) is 23.0 Å². The Morgan fingerprint density at radius 3 is 2.56 bits per heavy atom. The van der Waals surface area contributed by atoms with E-state index in [2.05, 4.69) is 10.3 Å². The van der Waals surface area contributed by atoms with E-state index in [1.165, 1.54) is 12.3 Å². The van der Waals surface area contributed by atoms with Crippen molar-refractivity contribution in [2.24, 2.45) is 0 Å². The minimum absolute atomic E-state index is 0.103. The Labute approximate surface area is 157 Å². The van der Waals surface area contributed by atoms with E-state index in [-0.39, 0.29) is 5.69 Å². The maximum absolute atomic E-state index is 13.9. The lowest BCUT2D eigenvalue weighted by atomic mass is 10.1. The second-order valence-corrected chi connectivity index (χ2v) is 6.62. The molecule has 0 aliphatic heterocycles. The molecular weight excluding hydrogens is 370 g/mol. The van der Waals surface area contributed by atoms with Crippen LogP contribution in [0, 0.1) is 11.6 Å². The molecule has 2 aromatic carbocycles. The zero-order chi connectivity index (χ0) is 18.8. The second kappa shape index (κ2) is 7.13. The summed E-state index contributed by atoms with van der Waals surface area (Å²) in [6.07, 6.45) is 1.52. The normalized spacial score (nSPS) is 10.7. The fourth-order valence-electron chi connectivity index (χ4n) is 2.54. The number of carbonyl (C=O) groups is 1. The van der Waals surface area contributed by atoms with Crippen LogP contribution in [0.15, 0.2) is 71.3 Å². The van der Waals surface area contributed by atoms with Gasteiger partial charge in [-0.2, -0.15) is 0 Å². The van der Waals surface area contributed by atoms with Crippen LogP contribution in [0.25, 0.3) is 22.0 Å². The summed E-state index contributed by atoms with van der Waals surface area (Å²) in [6, 6.07) is 15.6. The van der Waals surface area contributed by atoms with E-state index in [0.29, 0.717) is 27.4 Å². The number of hydrogen-bond donors (Lipinski definition) is 1. The number of carbonyl (C=O) groups excluding carboxylic acids is 1. The van der Waals surface area contributed by atoms with Crippen molar-refractivity contribution in [2.75, 3.05) is 5.32 Å². The highest BCUT2D eigenvalue weighted by Gasteiger charge is 2.22. The third-order valence-corrected chi connectivity index (χ3v) is 4.86. The summed E-state index contributed by atoms with van der Waals surface area (Å²) in [5.74, 6) is -1.56. The summed E-state index contributed by atoms with van der Waals surface area (Å²) >= 11 is 1.14. The number of nitrogens with zero attached hydrogens (tertiary/aromatic N) is 1. The Hall–Kier alpha value is -3.32. The van der Waals surface area contributed by atoms with Crippen molar-refractivity contribution in [1.82, 2.24) is 4.98 Å². The van der Waals surface area contributed by atoms with Gasteiger partial charge in [0.25, 0.3) is 5.91 Å². The topological polar surface area (TPSA) is 55.1 Å². The molecule has 0 radical (unpaired) electrons. The highest BCUT2D eigenvalue weighted by Crippen LogP contribution is 2.34. The molecule has 0 bridgehead atoms. The summed E-state index contributed by atoms with van der Waals surface area (Å²) < 4.78 is 32.3. The molecule has 1 N–H and O–H groups in total. The van der Waals surface area contributed by atoms with Gasteiger partial charge in [-0.1, -0.05) is 30.3 Å². The van der Waals surface area contributed by atoms with Crippen LogP contribution >= 0.6 is 11.3 Å². The van der Waals surface area contributed by atoms with Crippen LogP contribution < -0.4 is 5.32 Å². The molecule has 4 rings (SSSR count). The first-order valence-electron chi connectivity index (χ1n) is 7.98. The number of thiazole rings is 1. The monoisotopic (exact) mass is 382 g/mol. The van der Waals surface area contributed by atoms with E-state index in [1.54, 1.807) is 12.1 Å². The Morgan fingerprint density at radius 2 is 1.85 bits per heavy atom. The van der Waals surface area contributed by atoms with Gasteiger partial charge in [-0.3, -0.25) is 4.79 Å². The highest BCUT2D eigenvalue weighted by atomic mass is 32.1. The molecular formula is C20H12F2N2O2S. The Balaban J connectivity index is 1.75. The zero-order valence-electron chi connectivity index (χ0n) is 13.8. The van der Waals surface area contributed by atoms with Gasteiger partial charge in [0.15, 0.2) is 10.8 Å². The molecule has 1 amide bonds. The van der Waals surface area contributed by atoms with Crippen LogP contribution in [0.5, 0.6) is 0 Å². The average Bonchev–Trinajstić information content (AvgIpc) is 3.34. The van der Waals surface area contributed by atoms with Gasteiger partial charge in [0, 0.05) is 11.6 Å². The molecule has 4 nitrogen and oxygen atoms in total. The molecule has 4 aromatic rings. The predicted molar refractivity (Wildman–Crippen MR) is 99.6 cm³/mol. The number of benzene rings is 2. The number of anilines is 1. The Morgan fingerprint density at radius 1 is 1.04 bits per heavy atom. The van der Waals surface area contributed by atoms with Crippen LogP contribution in [-0.2, 0) is 0 Å². The van der Waals surface area contributed by atoms with Gasteiger partial charge >= 0.3 is 0 Å². The molecule has 0 aliphatic carbocycles. The maximum atomic E-state index is 13.9. The molecule has 0 atom stereocenters. The quantitative estimate of drug-likeness (QED) is 0.500. The minimum atomic E-state index is -0.847.